The molecule has 0 saturated carbocycles. The van der Waals surface area contributed by atoms with Gasteiger partial charge >= 0.3 is 0 Å². The molecule has 1 atom stereocenters. The molecule has 0 spiro atoms. The van der Waals surface area contributed by atoms with Crippen LogP contribution in [0.2, 0.25) is 0 Å². The van der Waals surface area contributed by atoms with Gasteiger partial charge in [-0.2, -0.15) is 0 Å². The Morgan fingerprint density at radius 2 is 2.42 bits per heavy atom. The van der Waals surface area contributed by atoms with Gasteiger partial charge in [0.25, 0.3) is 0 Å². The van der Waals surface area contributed by atoms with E-state index in [0.29, 0.717) is 12.7 Å². The number of halogens is 1. The lowest BCUT2D eigenvalue weighted by Gasteiger charge is -2.03. The number of hydrogen-bond acceptors (Lipinski definition) is 2. The van der Waals surface area contributed by atoms with Crippen LogP contribution in [0.25, 0.3) is 0 Å². The Balaban J connectivity index is 1.92. The van der Waals surface area contributed by atoms with Crippen LogP contribution in [0.5, 0.6) is 5.75 Å². The van der Waals surface area contributed by atoms with Gasteiger partial charge in [0, 0.05) is 3.57 Å². The fraction of sp³-hybridized carbons (Fsp3) is 0.333. The molecule has 0 amide bonds. The summed E-state index contributed by atoms with van der Waals surface area (Å²) in [4.78, 5) is 0. The molecule has 1 saturated heterocycles. The maximum atomic E-state index is 5.48. The minimum atomic E-state index is 0.336. The standard InChI is InChI=1S/C9H9IO2/c10-7-2-1-3-8(4-7)11-5-9-6-12-9/h1-4,9H,5-6H2/t9-/m1/s1. The van der Waals surface area contributed by atoms with Gasteiger partial charge in [-0.05, 0) is 40.8 Å². The zero-order valence-electron chi connectivity index (χ0n) is 6.50. The second-order valence-electron chi connectivity index (χ2n) is 2.72. The minimum Gasteiger partial charge on any atom is -0.491 e. The first-order valence-electron chi connectivity index (χ1n) is 3.84. The highest BCUT2D eigenvalue weighted by Crippen LogP contribution is 2.17. The Morgan fingerprint density at radius 3 is 3.08 bits per heavy atom. The molecular formula is C9H9IO2. The molecular weight excluding hydrogens is 267 g/mol. The molecule has 0 aromatic heterocycles. The molecule has 1 fully saturated rings. The highest BCUT2D eigenvalue weighted by molar-refractivity contribution is 14.1. The molecule has 0 aliphatic carbocycles. The molecule has 2 rings (SSSR count). The van der Waals surface area contributed by atoms with Gasteiger partial charge < -0.3 is 9.47 Å². The second kappa shape index (κ2) is 3.62. The Hall–Kier alpha value is -0.290. The van der Waals surface area contributed by atoms with Gasteiger partial charge in [-0.15, -0.1) is 0 Å². The molecule has 12 heavy (non-hydrogen) atoms. The molecule has 0 unspecified atom stereocenters. The lowest BCUT2D eigenvalue weighted by atomic mass is 10.3. The van der Waals surface area contributed by atoms with Crippen LogP contribution in [0.3, 0.4) is 0 Å². The van der Waals surface area contributed by atoms with Gasteiger partial charge in [0.1, 0.15) is 18.5 Å². The van der Waals surface area contributed by atoms with Crippen molar-refractivity contribution in [1.29, 1.82) is 0 Å². The van der Waals surface area contributed by atoms with Gasteiger partial charge in [-0.1, -0.05) is 6.07 Å². The third kappa shape index (κ3) is 2.35. The van der Waals surface area contributed by atoms with Crippen LogP contribution in [0, 0.1) is 3.57 Å². The molecule has 1 aromatic rings. The third-order valence-corrected chi connectivity index (χ3v) is 2.31. The summed E-state index contributed by atoms with van der Waals surface area (Å²) in [6.45, 7) is 1.53. The number of ether oxygens (including phenoxy) is 2. The molecule has 64 valence electrons. The van der Waals surface area contributed by atoms with Crippen molar-refractivity contribution in [2.24, 2.45) is 0 Å². The zero-order valence-corrected chi connectivity index (χ0v) is 8.65. The number of benzene rings is 1. The van der Waals surface area contributed by atoms with E-state index in [1.165, 1.54) is 3.57 Å². The van der Waals surface area contributed by atoms with E-state index < -0.39 is 0 Å². The highest BCUT2D eigenvalue weighted by atomic mass is 127. The smallest absolute Gasteiger partial charge is 0.120 e. The molecule has 3 heteroatoms. The van der Waals surface area contributed by atoms with E-state index in [2.05, 4.69) is 22.6 Å². The molecule has 0 N–H and O–H groups in total. The fourth-order valence-corrected chi connectivity index (χ4v) is 1.42. The first-order valence-corrected chi connectivity index (χ1v) is 4.92. The normalized spacial score (nSPS) is 20.6. The quantitative estimate of drug-likeness (QED) is 0.622. The van der Waals surface area contributed by atoms with Crippen LogP contribution in [0.15, 0.2) is 24.3 Å². The first kappa shape index (κ1) is 8.31. The van der Waals surface area contributed by atoms with Crippen molar-refractivity contribution in [1.82, 2.24) is 0 Å². The molecule has 0 radical (unpaired) electrons. The van der Waals surface area contributed by atoms with Crippen molar-refractivity contribution in [3.05, 3.63) is 27.8 Å². The highest BCUT2D eigenvalue weighted by Gasteiger charge is 2.22. The summed E-state index contributed by atoms with van der Waals surface area (Å²) in [6, 6.07) is 8.01. The van der Waals surface area contributed by atoms with Crippen LogP contribution in [-0.4, -0.2) is 19.3 Å². The van der Waals surface area contributed by atoms with Gasteiger partial charge in [0.2, 0.25) is 0 Å². The van der Waals surface area contributed by atoms with Crippen molar-refractivity contribution < 1.29 is 9.47 Å². The van der Waals surface area contributed by atoms with Gasteiger partial charge in [-0.3, -0.25) is 0 Å². The summed E-state index contributed by atoms with van der Waals surface area (Å²) in [5, 5.41) is 0. The van der Waals surface area contributed by atoms with Gasteiger partial charge in [0.15, 0.2) is 0 Å². The topological polar surface area (TPSA) is 21.8 Å². The Labute approximate surface area is 85.0 Å². The van der Waals surface area contributed by atoms with Crippen molar-refractivity contribution >= 4 is 22.6 Å². The summed E-state index contributed by atoms with van der Waals surface area (Å²) in [7, 11) is 0. The average molecular weight is 276 g/mol. The summed E-state index contributed by atoms with van der Waals surface area (Å²) >= 11 is 2.27. The molecule has 1 aliphatic rings. The maximum Gasteiger partial charge on any atom is 0.120 e. The Bertz CT molecular complexity index is 271. The van der Waals surface area contributed by atoms with Gasteiger partial charge in [0.05, 0.1) is 6.61 Å². The fourth-order valence-electron chi connectivity index (χ4n) is 0.910. The predicted octanol–water partition coefficient (Wildman–Crippen LogP) is 2.07. The van der Waals surface area contributed by atoms with Crippen LogP contribution in [0.1, 0.15) is 0 Å². The molecule has 1 heterocycles. The summed E-state index contributed by atoms with van der Waals surface area (Å²) in [5.41, 5.74) is 0. The van der Waals surface area contributed by atoms with Crippen molar-refractivity contribution in [3.8, 4) is 5.75 Å². The van der Waals surface area contributed by atoms with Crippen LogP contribution in [-0.2, 0) is 4.74 Å². The molecule has 2 nitrogen and oxygen atoms in total. The summed E-state index contributed by atoms with van der Waals surface area (Å²) in [6.07, 6.45) is 0.336. The monoisotopic (exact) mass is 276 g/mol. The molecule has 1 aliphatic heterocycles. The van der Waals surface area contributed by atoms with Crippen LogP contribution < -0.4 is 4.74 Å². The van der Waals surface area contributed by atoms with E-state index in [1.807, 2.05) is 24.3 Å². The lowest BCUT2D eigenvalue weighted by Crippen LogP contribution is -2.03. The van der Waals surface area contributed by atoms with E-state index >= 15 is 0 Å². The van der Waals surface area contributed by atoms with E-state index in [0.717, 1.165) is 12.4 Å². The minimum absolute atomic E-state index is 0.336. The average Bonchev–Trinajstić information content (AvgIpc) is 2.84. The van der Waals surface area contributed by atoms with Gasteiger partial charge in [-0.25, -0.2) is 0 Å². The Morgan fingerprint density at radius 1 is 1.58 bits per heavy atom. The summed E-state index contributed by atoms with van der Waals surface area (Å²) < 4.78 is 11.7. The van der Waals surface area contributed by atoms with Crippen LogP contribution >= 0.6 is 22.6 Å². The number of hydrogen-bond donors (Lipinski definition) is 0. The zero-order chi connectivity index (χ0) is 8.39. The third-order valence-electron chi connectivity index (χ3n) is 1.63. The van der Waals surface area contributed by atoms with Crippen LogP contribution in [0.4, 0.5) is 0 Å². The SMILES string of the molecule is Ic1cccc(OC[C@@H]2CO2)c1. The second-order valence-corrected chi connectivity index (χ2v) is 3.97. The number of epoxide rings is 1. The first-order chi connectivity index (χ1) is 5.84. The molecule has 0 bridgehead atoms. The van der Waals surface area contributed by atoms with Crippen molar-refractivity contribution in [2.75, 3.05) is 13.2 Å². The van der Waals surface area contributed by atoms with Crippen molar-refractivity contribution in [3.63, 3.8) is 0 Å². The lowest BCUT2D eigenvalue weighted by molar-refractivity contribution is 0.263. The van der Waals surface area contributed by atoms with E-state index in [1.54, 1.807) is 0 Å². The van der Waals surface area contributed by atoms with E-state index in [4.69, 9.17) is 9.47 Å². The largest absolute Gasteiger partial charge is 0.491 e. The predicted molar refractivity (Wildman–Crippen MR) is 54.4 cm³/mol. The molecule has 1 aromatic carbocycles. The maximum absolute atomic E-state index is 5.48. The van der Waals surface area contributed by atoms with Crippen molar-refractivity contribution in [2.45, 2.75) is 6.10 Å². The van der Waals surface area contributed by atoms with E-state index in [9.17, 15) is 0 Å². The van der Waals surface area contributed by atoms with E-state index in [-0.39, 0.29) is 0 Å². The number of rotatable bonds is 3. The summed E-state index contributed by atoms with van der Waals surface area (Å²) in [5.74, 6) is 0.928. The Kier molecular flexibility index (Phi) is 2.51.